The van der Waals surface area contributed by atoms with Gasteiger partial charge < -0.3 is 5.32 Å². The van der Waals surface area contributed by atoms with Gasteiger partial charge >= 0.3 is 0 Å². The lowest BCUT2D eigenvalue weighted by atomic mass is 9.47. The van der Waals surface area contributed by atoms with E-state index in [0.29, 0.717) is 23.7 Å². The Hall–Kier alpha value is -1.12. The van der Waals surface area contributed by atoms with Crippen molar-refractivity contribution in [1.29, 1.82) is 0 Å². The maximum Gasteiger partial charge on any atom is 0.223 e. The zero-order chi connectivity index (χ0) is 18.1. The first-order chi connectivity index (χ1) is 12.4. The summed E-state index contributed by atoms with van der Waals surface area (Å²) in [5.74, 6) is 3.09. The molecule has 1 N–H and O–H groups in total. The lowest BCUT2D eigenvalue weighted by molar-refractivity contribution is -0.132. The van der Waals surface area contributed by atoms with Crippen LogP contribution in [0.4, 0.5) is 0 Å². The first-order valence-electron chi connectivity index (χ1n) is 11.0. The monoisotopic (exact) mass is 355 g/mol. The third-order valence-corrected chi connectivity index (χ3v) is 9.20. The maximum atomic E-state index is 12.9. The Morgan fingerprint density at radius 1 is 1.00 bits per heavy atom. The molecule has 0 aromatic carbocycles. The van der Waals surface area contributed by atoms with Crippen LogP contribution in [0, 0.1) is 34.5 Å². The molecule has 5 aliphatic rings. The first kappa shape index (κ1) is 17.0. The topological polar surface area (TPSA) is 46.2 Å². The van der Waals surface area contributed by atoms with Gasteiger partial charge in [0.25, 0.3) is 0 Å². The van der Waals surface area contributed by atoms with Crippen molar-refractivity contribution >= 4 is 11.7 Å². The van der Waals surface area contributed by atoms with E-state index in [4.69, 9.17) is 0 Å². The average molecular weight is 356 g/mol. The van der Waals surface area contributed by atoms with Crippen LogP contribution >= 0.6 is 0 Å². The van der Waals surface area contributed by atoms with Gasteiger partial charge in [-0.05, 0) is 92.4 Å². The maximum absolute atomic E-state index is 12.9. The summed E-state index contributed by atoms with van der Waals surface area (Å²) in [6.07, 6.45) is 13.2. The van der Waals surface area contributed by atoms with Crippen LogP contribution in [0.3, 0.4) is 0 Å². The first-order valence-corrected chi connectivity index (χ1v) is 11.0. The van der Waals surface area contributed by atoms with Crippen molar-refractivity contribution in [3.8, 4) is 0 Å². The summed E-state index contributed by atoms with van der Waals surface area (Å²) in [5, 5.41) is 3.30. The summed E-state index contributed by atoms with van der Waals surface area (Å²) in [7, 11) is 0. The van der Waals surface area contributed by atoms with Gasteiger partial charge in [-0.25, -0.2) is 0 Å². The van der Waals surface area contributed by atoms with Crippen molar-refractivity contribution in [2.45, 2.75) is 84.1 Å². The minimum Gasteiger partial charge on any atom is -0.353 e. The molecular weight excluding hydrogens is 322 g/mol. The number of ketones is 1. The number of fused-ring (bicyclic) bond motifs is 5. The van der Waals surface area contributed by atoms with Gasteiger partial charge in [0.2, 0.25) is 5.91 Å². The van der Waals surface area contributed by atoms with E-state index in [0.717, 1.165) is 37.5 Å². The van der Waals surface area contributed by atoms with Gasteiger partial charge in [0.05, 0.1) is 0 Å². The Kier molecular flexibility index (Phi) is 3.72. The summed E-state index contributed by atoms with van der Waals surface area (Å²) in [5.41, 5.74) is 1.88. The Morgan fingerprint density at radius 2 is 1.81 bits per heavy atom. The molecule has 0 radical (unpaired) electrons. The number of nitrogens with one attached hydrogen (secondary N) is 1. The van der Waals surface area contributed by atoms with Gasteiger partial charge in [-0.15, -0.1) is 0 Å². The minimum atomic E-state index is 0.197. The Balaban J connectivity index is 1.40. The molecule has 3 nitrogen and oxygen atoms in total. The number of carbonyl (C=O) groups is 2. The second-order valence-corrected chi connectivity index (χ2v) is 10.4. The minimum absolute atomic E-state index is 0.197. The Morgan fingerprint density at radius 3 is 2.58 bits per heavy atom. The fourth-order valence-corrected chi connectivity index (χ4v) is 7.52. The van der Waals surface area contributed by atoms with E-state index in [9.17, 15) is 9.59 Å². The summed E-state index contributed by atoms with van der Waals surface area (Å²) < 4.78 is 0. The van der Waals surface area contributed by atoms with Gasteiger partial charge in [-0.1, -0.05) is 19.4 Å². The smallest absolute Gasteiger partial charge is 0.223 e. The molecule has 3 heteroatoms. The van der Waals surface area contributed by atoms with Crippen LogP contribution in [-0.4, -0.2) is 17.7 Å². The molecule has 0 unspecified atom stereocenters. The standard InChI is InChI=1S/C23H33NO2/c1-22-11-9-16(25)13-14(22)3-6-17-18-7-8-20(21(26)24-15-4-5-15)23(18,2)12-10-19(17)22/h13,15,17-20H,3-12H2,1-2H3,(H,24,26)/t17-,18-,19-,20+,22-,23-/m0/s1. The molecule has 0 aliphatic heterocycles. The zero-order valence-electron chi connectivity index (χ0n) is 16.4. The van der Waals surface area contributed by atoms with Gasteiger partial charge in [0, 0.05) is 18.4 Å². The number of hydrogen-bond donors (Lipinski definition) is 1. The molecule has 0 aromatic heterocycles. The predicted molar refractivity (Wildman–Crippen MR) is 101 cm³/mol. The zero-order valence-corrected chi connectivity index (χ0v) is 16.4. The highest BCUT2D eigenvalue weighted by atomic mass is 16.2. The molecule has 5 rings (SSSR count). The van der Waals surface area contributed by atoms with Crippen molar-refractivity contribution < 1.29 is 9.59 Å². The molecule has 26 heavy (non-hydrogen) atoms. The fourth-order valence-electron chi connectivity index (χ4n) is 7.52. The van der Waals surface area contributed by atoms with Crippen LogP contribution in [0.2, 0.25) is 0 Å². The molecule has 0 heterocycles. The summed E-state index contributed by atoms with van der Waals surface area (Å²) in [4.78, 5) is 24.8. The van der Waals surface area contributed by atoms with Crippen LogP contribution in [0.5, 0.6) is 0 Å². The number of amides is 1. The van der Waals surface area contributed by atoms with Gasteiger partial charge in [0.15, 0.2) is 5.78 Å². The molecule has 0 bridgehead atoms. The molecule has 0 spiro atoms. The number of allylic oxidation sites excluding steroid dienone is 1. The third kappa shape index (κ3) is 2.38. The largest absolute Gasteiger partial charge is 0.353 e. The summed E-state index contributed by atoms with van der Waals surface area (Å²) in [6.45, 7) is 4.87. The number of hydrogen-bond acceptors (Lipinski definition) is 2. The Bertz CT molecular complexity index is 678. The van der Waals surface area contributed by atoms with Crippen molar-refractivity contribution in [1.82, 2.24) is 5.32 Å². The summed E-state index contributed by atoms with van der Waals surface area (Å²) in [6, 6.07) is 0.475. The fraction of sp³-hybridized carbons (Fsp3) is 0.826. The van der Waals surface area contributed by atoms with Crippen molar-refractivity contribution in [3.05, 3.63) is 11.6 Å². The van der Waals surface area contributed by atoms with Crippen molar-refractivity contribution in [3.63, 3.8) is 0 Å². The number of carbonyl (C=O) groups excluding carboxylic acids is 2. The van der Waals surface area contributed by atoms with E-state index in [1.165, 1.54) is 44.1 Å². The molecule has 0 aromatic rings. The highest BCUT2D eigenvalue weighted by Gasteiger charge is 2.60. The molecule has 6 atom stereocenters. The van der Waals surface area contributed by atoms with Crippen LogP contribution < -0.4 is 5.32 Å². The quantitative estimate of drug-likeness (QED) is 0.797. The molecule has 0 saturated heterocycles. The van der Waals surface area contributed by atoms with E-state index in [2.05, 4.69) is 19.2 Å². The molecule has 4 fully saturated rings. The number of rotatable bonds is 2. The third-order valence-electron chi connectivity index (χ3n) is 9.20. The van der Waals surface area contributed by atoms with E-state index in [1.807, 2.05) is 6.08 Å². The van der Waals surface area contributed by atoms with Crippen LogP contribution in [0.15, 0.2) is 11.6 Å². The second-order valence-electron chi connectivity index (χ2n) is 10.4. The van der Waals surface area contributed by atoms with Crippen LogP contribution in [0.1, 0.15) is 78.1 Å². The van der Waals surface area contributed by atoms with E-state index < -0.39 is 0 Å². The van der Waals surface area contributed by atoms with Crippen LogP contribution in [-0.2, 0) is 9.59 Å². The second kappa shape index (κ2) is 5.69. The highest BCUT2D eigenvalue weighted by molar-refractivity contribution is 5.91. The lowest BCUT2D eigenvalue weighted by Crippen LogP contribution is -2.52. The van der Waals surface area contributed by atoms with Gasteiger partial charge in [-0.3, -0.25) is 9.59 Å². The molecule has 4 saturated carbocycles. The van der Waals surface area contributed by atoms with E-state index in [1.54, 1.807) is 0 Å². The summed E-state index contributed by atoms with van der Waals surface area (Å²) >= 11 is 0. The van der Waals surface area contributed by atoms with Crippen molar-refractivity contribution in [2.24, 2.45) is 34.5 Å². The molecule has 142 valence electrons. The van der Waals surface area contributed by atoms with Gasteiger partial charge in [-0.2, -0.15) is 0 Å². The normalized spacial score (nSPS) is 47.5. The SMILES string of the molecule is C[C@]12CC[C@H]3[C@@H](CCC4=CC(=O)CC[C@@]43C)[C@@H]1CC[C@@H]2C(=O)NC1CC1. The highest BCUT2D eigenvalue weighted by Crippen LogP contribution is 2.66. The van der Waals surface area contributed by atoms with Crippen molar-refractivity contribution in [2.75, 3.05) is 0 Å². The average Bonchev–Trinajstić information content (AvgIpc) is 3.34. The van der Waals surface area contributed by atoms with E-state index >= 15 is 0 Å². The predicted octanol–water partition coefficient (Wildman–Crippen LogP) is 4.41. The van der Waals surface area contributed by atoms with Crippen LogP contribution in [0.25, 0.3) is 0 Å². The lowest BCUT2D eigenvalue weighted by Gasteiger charge is -2.58. The molecule has 5 aliphatic carbocycles. The van der Waals surface area contributed by atoms with Gasteiger partial charge in [0.1, 0.15) is 0 Å². The Labute approximate surface area is 157 Å². The molecular formula is C23H33NO2. The van der Waals surface area contributed by atoms with E-state index in [-0.39, 0.29) is 16.7 Å². The molecule has 1 amide bonds.